The smallest absolute Gasteiger partial charge is 0.416 e. The predicted molar refractivity (Wildman–Crippen MR) is 116 cm³/mol. The Morgan fingerprint density at radius 2 is 1.42 bits per heavy atom. The van der Waals surface area contributed by atoms with E-state index in [0.717, 1.165) is 24.3 Å². The zero-order valence-electron chi connectivity index (χ0n) is 18.3. The van der Waals surface area contributed by atoms with Gasteiger partial charge in [0, 0.05) is 24.1 Å². The highest BCUT2D eigenvalue weighted by Crippen LogP contribution is 2.36. The van der Waals surface area contributed by atoms with Gasteiger partial charge in [-0.2, -0.15) is 13.2 Å². The van der Waals surface area contributed by atoms with E-state index in [4.69, 9.17) is 4.74 Å². The molecule has 0 aliphatic rings. The van der Waals surface area contributed by atoms with Crippen LogP contribution >= 0.6 is 0 Å². The predicted octanol–water partition coefficient (Wildman–Crippen LogP) is 8.16. The number of Topliss-reactive ketones (excluding diaryl/α,β-unsaturated/α-hetero) is 1. The molecular weight excluding hydrogens is 439 g/mol. The van der Waals surface area contributed by atoms with Crippen molar-refractivity contribution in [2.75, 3.05) is 0 Å². The lowest BCUT2D eigenvalue weighted by atomic mass is 9.86. The summed E-state index contributed by atoms with van der Waals surface area (Å²) in [5, 5.41) is 0. The van der Waals surface area contributed by atoms with E-state index in [0.29, 0.717) is 29.2 Å². The molecule has 0 bridgehead atoms. The zero-order chi connectivity index (χ0) is 24.3. The number of carbonyl (C=O) groups is 1. The van der Waals surface area contributed by atoms with Crippen LogP contribution in [0.4, 0.5) is 22.0 Å². The van der Waals surface area contributed by atoms with Crippen LogP contribution in [0.15, 0.2) is 60.7 Å². The number of rotatable bonds is 7. The normalized spacial score (nSPS) is 12.6. The first-order chi connectivity index (χ1) is 15.4. The lowest BCUT2D eigenvalue weighted by Gasteiger charge is -2.19. The Bertz CT molecular complexity index is 1110. The number of ether oxygens (including phenoxy) is 1. The standard InChI is InChI=1S/C26H23F5O2/c1-15(2)8-25(16(3)32)19-9-18(17-4-6-20(7-5-17)26(29,30)31)10-23(11-19)33-24-13-21(27)12-22(28)14-24/h4-7,9-15,25H,8H2,1-3H3. The molecule has 0 aliphatic heterocycles. The molecule has 0 radical (unpaired) electrons. The van der Waals surface area contributed by atoms with Crippen LogP contribution in [0, 0.1) is 17.6 Å². The second-order valence-electron chi connectivity index (χ2n) is 8.37. The van der Waals surface area contributed by atoms with Crippen LogP contribution in [0.1, 0.15) is 44.2 Å². The van der Waals surface area contributed by atoms with E-state index < -0.39 is 29.3 Å². The number of hydrogen-bond acceptors (Lipinski definition) is 2. The Labute approximate surface area is 189 Å². The molecule has 0 aliphatic carbocycles. The van der Waals surface area contributed by atoms with Crippen molar-refractivity contribution in [2.24, 2.45) is 5.92 Å². The van der Waals surface area contributed by atoms with Gasteiger partial charge in [-0.1, -0.05) is 32.0 Å². The third-order valence-electron chi connectivity index (χ3n) is 5.15. The second-order valence-corrected chi connectivity index (χ2v) is 8.37. The van der Waals surface area contributed by atoms with E-state index >= 15 is 0 Å². The van der Waals surface area contributed by atoms with Gasteiger partial charge < -0.3 is 4.74 Å². The number of ketones is 1. The molecule has 33 heavy (non-hydrogen) atoms. The fourth-order valence-corrected chi connectivity index (χ4v) is 3.63. The zero-order valence-corrected chi connectivity index (χ0v) is 18.3. The van der Waals surface area contributed by atoms with Crippen molar-refractivity contribution in [3.05, 3.63) is 83.4 Å². The minimum absolute atomic E-state index is 0.0731. The third kappa shape index (κ3) is 6.40. The SMILES string of the molecule is CC(=O)C(CC(C)C)c1cc(Oc2cc(F)cc(F)c2)cc(-c2ccc(C(F)(F)F)cc2)c1. The summed E-state index contributed by atoms with van der Waals surface area (Å²) in [5.41, 5.74) is 0.825. The fraction of sp³-hybridized carbons (Fsp3) is 0.269. The molecule has 2 nitrogen and oxygen atoms in total. The molecule has 0 saturated heterocycles. The molecule has 1 atom stereocenters. The summed E-state index contributed by atoms with van der Waals surface area (Å²) >= 11 is 0. The summed E-state index contributed by atoms with van der Waals surface area (Å²) in [7, 11) is 0. The van der Waals surface area contributed by atoms with Crippen LogP contribution in [0.2, 0.25) is 0 Å². The largest absolute Gasteiger partial charge is 0.457 e. The van der Waals surface area contributed by atoms with Gasteiger partial charge in [0.1, 0.15) is 28.9 Å². The van der Waals surface area contributed by atoms with Crippen molar-refractivity contribution in [2.45, 2.75) is 39.3 Å². The maximum Gasteiger partial charge on any atom is 0.416 e. The van der Waals surface area contributed by atoms with Crippen molar-refractivity contribution in [3.8, 4) is 22.6 Å². The molecule has 0 saturated carbocycles. The Hall–Kier alpha value is -3.22. The summed E-state index contributed by atoms with van der Waals surface area (Å²) in [4.78, 5) is 12.4. The van der Waals surface area contributed by atoms with Crippen molar-refractivity contribution in [1.82, 2.24) is 0 Å². The second kappa shape index (κ2) is 9.73. The van der Waals surface area contributed by atoms with Gasteiger partial charge in [-0.3, -0.25) is 4.79 Å². The molecule has 1 unspecified atom stereocenters. The minimum Gasteiger partial charge on any atom is -0.457 e. The van der Waals surface area contributed by atoms with Gasteiger partial charge in [0.05, 0.1) is 5.56 Å². The Balaban J connectivity index is 2.09. The van der Waals surface area contributed by atoms with E-state index in [1.54, 1.807) is 18.2 Å². The number of hydrogen-bond donors (Lipinski definition) is 0. The Kier molecular flexibility index (Phi) is 7.20. The minimum atomic E-state index is -4.47. The molecule has 0 amide bonds. The van der Waals surface area contributed by atoms with Crippen molar-refractivity contribution in [1.29, 1.82) is 0 Å². The highest BCUT2D eigenvalue weighted by atomic mass is 19.4. The molecule has 3 aromatic rings. The topological polar surface area (TPSA) is 26.3 Å². The van der Waals surface area contributed by atoms with Crippen molar-refractivity contribution >= 4 is 5.78 Å². The monoisotopic (exact) mass is 462 g/mol. The summed E-state index contributed by atoms with van der Waals surface area (Å²) in [6.45, 7) is 5.42. The van der Waals surface area contributed by atoms with Crippen LogP contribution in [0.3, 0.4) is 0 Å². The maximum atomic E-state index is 13.6. The van der Waals surface area contributed by atoms with E-state index in [2.05, 4.69) is 0 Å². The lowest BCUT2D eigenvalue weighted by Crippen LogP contribution is -2.12. The Morgan fingerprint density at radius 1 is 0.848 bits per heavy atom. The summed E-state index contributed by atoms with van der Waals surface area (Å²) in [5.74, 6) is -1.83. The highest BCUT2D eigenvalue weighted by Gasteiger charge is 2.30. The molecule has 0 N–H and O–H groups in total. The van der Waals surface area contributed by atoms with Crippen LogP contribution in [-0.4, -0.2) is 5.78 Å². The van der Waals surface area contributed by atoms with Gasteiger partial charge in [-0.05, 0) is 60.2 Å². The molecule has 3 rings (SSSR count). The van der Waals surface area contributed by atoms with Gasteiger partial charge in [0.15, 0.2) is 0 Å². The average Bonchev–Trinajstić information content (AvgIpc) is 2.70. The van der Waals surface area contributed by atoms with Gasteiger partial charge in [0.2, 0.25) is 0 Å². The van der Waals surface area contributed by atoms with Crippen LogP contribution < -0.4 is 4.74 Å². The quantitative estimate of drug-likeness (QED) is 0.331. The van der Waals surface area contributed by atoms with Crippen molar-refractivity contribution < 1.29 is 31.5 Å². The maximum absolute atomic E-state index is 13.6. The molecule has 0 fully saturated rings. The van der Waals surface area contributed by atoms with Crippen LogP contribution in [-0.2, 0) is 11.0 Å². The average molecular weight is 462 g/mol. The van der Waals surface area contributed by atoms with Gasteiger partial charge in [0.25, 0.3) is 0 Å². The molecule has 174 valence electrons. The molecule has 3 aromatic carbocycles. The number of alkyl halides is 3. The molecule has 0 heterocycles. The summed E-state index contributed by atoms with van der Waals surface area (Å²) in [6, 6.07) is 12.3. The highest BCUT2D eigenvalue weighted by molar-refractivity contribution is 5.84. The lowest BCUT2D eigenvalue weighted by molar-refractivity contribution is -0.137. The van der Waals surface area contributed by atoms with E-state index in [-0.39, 0.29) is 23.2 Å². The molecular formula is C26H23F5O2. The van der Waals surface area contributed by atoms with E-state index in [9.17, 15) is 26.7 Å². The Morgan fingerprint density at radius 3 is 1.94 bits per heavy atom. The van der Waals surface area contributed by atoms with Crippen LogP contribution in [0.25, 0.3) is 11.1 Å². The number of carbonyl (C=O) groups excluding carboxylic acids is 1. The van der Waals surface area contributed by atoms with E-state index in [1.807, 2.05) is 13.8 Å². The molecule has 0 spiro atoms. The first-order valence-electron chi connectivity index (χ1n) is 10.4. The van der Waals surface area contributed by atoms with Gasteiger partial charge >= 0.3 is 6.18 Å². The fourth-order valence-electron chi connectivity index (χ4n) is 3.63. The summed E-state index contributed by atoms with van der Waals surface area (Å²) in [6.07, 6.45) is -3.91. The first kappa shape index (κ1) is 24.4. The number of halogens is 5. The van der Waals surface area contributed by atoms with Gasteiger partial charge in [-0.25, -0.2) is 8.78 Å². The van der Waals surface area contributed by atoms with E-state index in [1.165, 1.54) is 19.1 Å². The van der Waals surface area contributed by atoms with Gasteiger partial charge in [-0.15, -0.1) is 0 Å². The molecule has 0 aromatic heterocycles. The van der Waals surface area contributed by atoms with Crippen LogP contribution in [0.5, 0.6) is 11.5 Å². The number of benzene rings is 3. The van der Waals surface area contributed by atoms with Crippen molar-refractivity contribution in [3.63, 3.8) is 0 Å². The third-order valence-corrected chi connectivity index (χ3v) is 5.15. The first-order valence-corrected chi connectivity index (χ1v) is 10.4. The molecule has 7 heteroatoms. The summed E-state index contributed by atoms with van der Waals surface area (Å²) < 4.78 is 71.8.